The van der Waals surface area contributed by atoms with Crippen molar-refractivity contribution in [2.75, 3.05) is 0 Å². The quantitative estimate of drug-likeness (QED) is 0.788. The molecule has 3 aromatic rings. The van der Waals surface area contributed by atoms with E-state index in [4.69, 9.17) is 0 Å². The molecule has 0 radical (unpaired) electrons. The fourth-order valence-corrected chi connectivity index (χ4v) is 2.24. The largest absolute Gasteiger partial charge is 0.309 e. The number of pyridine rings is 1. The highest BCUT2D eigenvalue weighted by Gasteiger charge is 2.03. The monoisotopic (exact) mass is 284 g/mol. The van der Waals surface area contributed by atoms with Gasteiger partial charge in [-0.25, -0.2) is 8.78 Å². The average molecular weight is 284 g/mol. The third-order valence-corrected chi connectivity index (χ3v) is 3.33. The molecule has 0 aliphatic heterocycles. The number of hydrogen-bond donors (Lipinski definition) is 1. The minimum Gasteiger partial charge on any atom is -0.309 e. The Labute approximate surface area is 121 Å². The normalized spacial score (nSPS) is 11.0. The summed E-state index contributed by atoms with van der Waals surface area (Å²) in [6.07, 6.45) is 1.76. The Morgan fingerprint density at radius 1 is 0.952 bits per heavy atom. The van der Waals surface area contributed by atoms with Gasteiger partial charge in [0.05, 0.1) is 5.52 Å². The van der Waals surface area contributed by atoms with E-state index < -0.39 is 11.6 Å². The third kappa shape index (κ3) is 3.23. The maximum Gasteiger partial charge on any atom is 0.130 e. The van der Waals surface area contributed by atoms with Gasteiger partial charge >= 0.3 is 0 Å². The molecule has 0 saturated heterocycles. The van der Waals surface area contributed by atoms with Crippen LogP contribution in [0.5, 0.6) is 0 Å². The third-order valence-electron chi connectivity index (χ3n) is 3.33. The Hall–Kier alpha value is -2.33. The minimum absolute atomic E-state index is 0.358. The smallest absolute Gasteiger partial charge is 0.130 e. The van der Waals surface area contributed by atoms with E-state index in [-0.39, 0.29) is 0 Å². The van der Waals surface area contributed by atoms with Crippen LogP contribution < -0.4 is 5.32 Å². The molecule has 2 nitrogen and oxygen atoms in total. The summed E-state index contributed by atoms with van der Waals surface area (Å²) >= 11 is 0. The zero-order valence-electron chi connectivity index (χ0n) is 11.3. The first-order valence-corrected chi connectivity index (χ1v) is 6.71. The molecular weight excluding hydrogens is 270 g/mol. The molecule has 0 bridgehead atoms. The maximum atomic E-state index is 13.5. The highest BCUT2D eigenvalue weighted by atomic mass is 19.1. The first-order valence-electron chi connectivity index (χ1n) is 6.71. The molecule has 0 atom stereocenters. The second-order valence-electron chi connectivity index (χ2n) is 4.87. The van der Waals surface area contributed by atoms with Crippen LogP contribution in [-0.4, -0.2) is 4.98 Å². The minimum atomic E-state index is -0.557. The van der Waals surface area contributed by atoms with Crippen LogP contribution in [0.3, 0.4) is 0 Å². The summed E-state index contributed by atoms with van der Waals surface area (Å²) in [5.74, 6) is -1.08. The van der Waals surface area contributed by atoms with Crippen LogP contribution in [0.2, 0.25) is 0 Å². The lowest BCUT2D eigenvalue weighted by Crippen LogP contribution is -2.13. The number of hydrogen-bond acceptors (Lipinski definition) is 2. The summed E-state index contributed by atoms with van der Waals surface area (Å²) in [5.41, 5.74) is 2.50. The number of halogens is 2. The fourth-order valence-electron chi connectivity index (χ4n) is 2.24. The predicted molar refractivity (Wildman–Crippen MR) is 78.6 cm³/mol. The fraction of sp³-hybridized carbons (Fsp3) is 0.118. The van der Waals surface area contributed by atoms with Gasteiger partial charge in [-0.05, 0) is 29.8 Å². The molecule has 1 N–H and O–H groups in total. The predicted octanol–water partition coefficient (Wildman–Crippen LogP) is 3.80. The molecule has 0 saturated carbocycles. The Morgan fingerprint density at radius 2 is 1.86 bits per heavy atom. The summed E-state index contributed by atoms with van der Waals surface area (Å²) in [5, 5.41) is 4.23. The molecule has 106 valence electrons. The standard InChI is InChI=1S/C17H14F2N2/c18-15-5-4-14(16(19)9-15)11-20-10-12-3-6-17-13(8-12)2-1-7-21-17/h1-9,20H,10-11H2. The molecule has 0 fully saturated rings. The number of nitrogens with one attached hydrogen (secondary N) is 1. The van der Waals surface area contributed by atoms with Crippen LogP contribution >= 0.6 is 0 Å². The van der Waals surface area contributed by atoms with Crippen molar-refractivity contribution in [1.82, 2.24) is 10.3 Å². The highest BCUT2D eigenvalue weighted by Crippen LogP contribution is 2.14. The molecule has 1 heterocycles. The van der Waals surface area contributed by atoms with E-state index in [2.05, 4.69) is 16.4 Å². The van der Waals surface area contributed by atoms with E-state index in [9.17, 15) is 8.78 Å². The lowest BCUT2D eigenvalue weighted by molar-refractivity contribution is 0.560. The summed E-state index contributed by atoms with van der Waals surface area (Å²) in [4.78, 5) is 4.26. The molecule has 0 aliphatic rings. The molecule has 4 heteroatoms. The lowest BCUT2D eigenvalue weighted by Gasteiger charge is -2.07. The van der Waals surface area contributed by atoms with Gasteiger partial charge in [-0.2, -0.15) is 0 Å². The van der Waals surface area contributed by atoms with Gasteiger partial charge in [0.25, 0.3) is 0 Å². The number of nitrogens with zero attached hydrogens (tertiary/aromatic N) is 1. The maximum absolute atomic E-state index is 13.5. The van der Waals surface area contributed by atoms with Crippen molar-refractivity contribution in [2.45, 2.75) is 13.1 Å². The van der Waals surface area contributed by atoms with E-state index in [0.717, 1.165) is 22.5 Å². The Kier molecular flexibility index (Phi) is 3.88. The summed E-state index contributed by atoms with van der Waals surface area (Å²) in [6.45, 7) is 0.971. The van der Waals surface area contributed by atoms with Gasteiger partial charge in [0, 0.05) is 36.3 Å². The van der Waals surface area contributed by atoms with Crippen LogP contribution in [0.1, 0.15) is 11.1 Å². The SMILES string of the molecule is Fc1ccc(CNCc2ccc3ncccc3c2)c(F)c1. The van der Waals surface area contributed by atoms with Gasteiger partial charge in [-0.15, -0.1) is 0 Å². The van der Waals surface area contributed by atoms with E-state index >= 15 is 0 Å². The molecule has 1 aromatic heterocycles. The van der Waals surface area contributed by atoms with Crippen LogP contribution in [0.15, 0.2) is 54.7 Å². The summed E-state index contributed by atoms with van der Waals surface area (Å²) in [6, 6.07) is 13.5. The number of benzene rings is 2. The lowest BCUT2D eigenvalue weighted by atomic mass is 10.1. The second-order valence-corrected chi connectivity index (χ2v) is 4.87. The molecule has 3 rings (SSSR count). The molecular formula is C17H14F2N2. The van der Waals surface area contributed by atoms with Gasteiger partial charge in [0.2, 0.25) is 0 Å². The molecule has 0 amide bonds. The average Bonchev–Trinajstić information content (AvgIpc) is 2.49. The first kappa shape index (κ1) is 13.6. The van der Waals surface area contributed by atoms with Gasteiger partial charge in [0.15, 0.2) is 0 Å². The second kappa shape index (κ2) is 5.97. The van der Waals surface area contributed by atoms with Crippen molar-refractivity contribution >= 4 is 10.9 Å². The van der Waals surface area contributed by atoms with E-state index in [0.29, 0.717) is 18.7 Å². The van der Waals surface area contributed by atoms with Gasteiger partial charge in [0.1, 0.15) is 11.6 Å². The molecule has 0 spiro atoms. The van der Waals surface area contributed by atoms with Gasteiger partial charge < -0.3 is 5.32 Å². The summed E-state index contributed by atoms with van der Waals surface area (Å²) < 4.78 is 26.3. The number of aromatic nitrogens is 1. The van der Waals surface area contributed by atoms with Crippen LogP contribution in [0, 0.1) is 11.6 Å². The Bertz CT molecular complexity index is 772. The molecule has 0 aliphatic carbocycles. The van der Waals surface area contributed by atoms with Gasteiger partial charge in [-0.1, -0.05) is 18.2 Å². The zero-order chi connectivity index (χ0) is 14.7. The van der Waals surface area contributed by atoms with Gasteiger partial charge in [-0.3, -0.25) is 4.98 Å². The van der Waals surface area contributed by atoms with Crippen LogP contribution in [-0.2, 0) is 13.1 Å². The number of fused-ring (bicyclic) bond motifs is 1. The Morgan fingerprint density at radius 3 is 2.71 bits per heavy atom. The van der Waals surface area contributed by atoms with Crippen molar-refractivity contribution in [2.24, 2.45) is 0 Å². The van der Waals surface area contributed by atoms with Crippen molar-refractivity contribution in [3.63, 3.8) is 0 Å². The molecule has 2 aromatic carbocycles. The van der Waals surface area contributed by atoms with Crippen molar-refractivity contribution in [3.8, 4) is 0 Å². The van der Waals surface area contributed by atoms with E-state index in [1.54, 1.807) is 6.20 Å². The zero-order valence-corrected chi connectivity index (χ0v) is 11.3. The van der Waals surface area contributed by atoms with Crippen molar-refractivity contribution in [3.05, 3.63) is 77.5 Å². The summed E-state index contributed by atoms with van der Waals surface area (Å²) in [7, 11) is 0. The van der Waals surface area contributed by atoms with Crippen molar-refractivity contribution in [1.29, 1.82) is 0 Å². The highest BCUT2D eigenvalue weighted by molar-refractivity contribution is 5.78. The van der Waals surface area contributed by atoms with Crippen LogP contribution in [0.4, 0.5) is 8.78 Å². The molecule has 0 unspecified atom stereocenters. The first-order chi connectivity index (χ1) is 10.2. The molecule has 21 heavy (non-hydrogen) atoms. The number of rotatable bonds is 4. The Balaban J connectivity index is 1.66. The topological polar surface area (TPSA) is 24.9 Å². The van der Waals surface area contributed by atoms with Crippen molar-refractivity contribution < 1.29 is 8.78 Å². The van der Waals surface area contributed by atoms with E-state index in [1.165, 1.54) is 12.1 Å². The van der Waals surface area contributed by atoms with Crippen LogP contribution in [0.25, 0.3) is 10.9 Å². The van der Waals surface area contributed by atoms with E-state index in [1.807, 2.05) is 24.3 Å².